The molecule has 0 bridgehead atoms. The van der Waals surface area contributed by atoms with E-state index >= 15 is 0 Å². The van der Waals surface area contributed by atoms with E-state index < -0.39 is 10.3 Å². The van der Waals surface area contributed by atoms with Crippen LogP contribution in [0.1, 0.15) is 32.6 Å². The minimum atomic E-state index is -1.76. The number of nitrogens with zero attached hydrogens (tertiary/aromatic N) is 1. The quantitative estimate of drug-likeness (QED) is 0.916. The number of carbonyl (C=O) groups excluding carboxylic acids is 1. The summed E-state index contributed by atoms with van der Waals surface area (Å²) in [4.78, 5) is 17.5. The molecule has 1 atom stereocenters. The first-order valence-corrected chi connectivity index (χ1v) is 9.70. The van der Waals surface area contributed by atoms with E-state index in [9.17, 15) is 4.79 Å². The van der Waals surface area contributed by atoms with Gasteiger partial charge >= 0.3 is 0 Å². The average Bonchev–Trinajstić information content (AvgIpc) is 2.80. The van der Waals surface area contributed by atoms with Crippen molar-refractivity contribution in [2.45, 2.75) is 32.6 Å². The lowest BCUT2D eigenvalue weighted by atomic mass is 10.1. The molecule has 1 aromatic rings. The maximum absolute atomic E-state index is 11.6. The van der Waals surface area contributed by atoms with Gasteiger partial charge in [-0.3, -0.25) is 4.79 Å². The lowest BCUT2D eigenvalue weighted by molar-refractivity contribution is -0.117. The molecule has 1 heterocycles. The number of hydrogen-bond acceptors (Lipinski definition) is 4. The summed E-state index contributed by atoms with van der Waals surface area (Å²) in [5.74, 6) is 1.44. The van der Waals surface area contributed by atoms with Gasteiger partial charge in [-0.2, -0.15) is 0 Å². The maximum atomic E-state index is 11.6. The summed E-state index contributed by atoms with van der Waals surface area (Å²) >= 11 is 0. The Balaban J connectivity index is 1.92. The molecule has 1 aliphatic carbocycles. The van der Waals surface area contributed by atoms with Crippen molar-refractivity contribution in [2.24, 2.45) is 4.99 Å². The number of methoxy groups -OCH3 is 1. The third-order valence-corrected chi connectivity index (χ3v) is 6.91. The zero-order valence-electron chi connectivity index (χ0n) is 13.7. The molecule has 1 aliphatic heterocycles. The first kappa shape index (κ1) is 15.9. The number of benzene rings is 1. The Labute approximate surface area is 138 Å². The SMILES string of the molecule is COc1ccc(OS2(C)C(NC(C)=O)=NC3=C2CCCC3)cc1. The molecule has 5 nitrogen and oxygen atoms in total. The monoisotopic (exact) mass is 334 g/mol. The summed E-state index contributed by atoms with van der Waals surface area (Å²) in [6.45, 7) is 1.51. The van der Waals surface area contributed by atoms with Gasteiger partial charge in [-0.15, -0.1) is 0 Å². The van der Waals surface area contributed by atoms with Crippen LogP contribution < -0.4 is 14.2 Å². The molecular weight excluding hydrogens is 312 g/mol. The highest BCUT2D eigenvalue weighted by atomic mass is 32.3. The van der Waals surface area contributed by atoms with Crippen LogP contribution in [0.2, 0.25) is 0 Å². The highest BCUT2D eigenvalue weighted by Crippen LogP contribution is 2.61. The van der Waals surface area contributed by atoms with Crippen LogP contribution in [-0.4, -0.2) is 24.4 Å². The number of amidine groups is 1. The average molecular weight is 334 g/mol. The van der Waals surface area contributed by atoms with E-state index in [4.69, 9.17) is 8.92 Å². The molecule has 0 radical (unpaired) electrons. The van der Waals surface area contributed by atoms with Crippen LogP contribution in [0, 0.1) is 0 Å². The van der Waals surface area contributed by atoms with Crippen molar-refractivity contribution in [3.63, 3.8) is 0 Å². The number of carbonyl (C=O) groups is 1. The van der Waals surface area contributed by atoms with Gasteiger partial charge in [0.2, 0.25) is 5.91 Å². The van der Waals surface area contributed by atoms with Crippen LogP contribution in [-0.2, 0) is 4.79 Å². The van der Waals surface area contributed by atoms with Gasteiger partial charge in [0.15, 0.2) is 5.17 Å². The van der Waals surface area contributed by atoms with Gasteiger partial charge in [-0.25, -0.2) is 4.99 Å². The predicted molar refractivity (Wildman–Crippen MR) is 93.9 cm³/mol. The molecule has 3 rings (SSSR count). The van der Waals surface area contributed by atoms with Crippen LogP contribution in [0.5, 0.6) is 11.5 Å². The largest absolute Gasteiger partial charge is 0.497 e. The summed E-state index contributed by atoms with van der Waals surface area (Å²) < 4.78 is 11.6. The molecule has 6 heteroatoms. The van der Waals surface area contributed by atoms with Crippen LogP contribution in [0.3, 0.4) is 0 Å². The molecule has 1 N–H and O–H groups in total. The molecule has 0 aromatic heterocycles. The molecule has 1 amide bonds. The maximum Gasteiger partial charge on any atom is 0.222 e. The molecule has 0 fully saturated rings. The number of ether oxygens (including phenoxy) is 1. The van der Waals surface area contributed by atoms with Crippen LogP contribution in [0.25, 0.3) is 0 Å². The summed E-state index contributed by atoms with van der Waals surface area (Å²) in [5, 5.41) is 3.56. The minimum absolute atomic E-state index is 0.111. The Hall–Kier alpha value is -1.95. The zero-order valence-corrected chi connectivity index (χ0v) is 14.5. The normalized spacial score (nSPS) is 26.0. The summed E-state index contributed by atoms with van der Waals surface area (Å²) in [6.07, 6.45) is 6.32. The standard InChI is InChI=1S/C17H22N2O3S/c1-12(20)18-17-19-15-6-4-5-7-16(15)23(17,3)22-14-10-8-13(21-2)9-11-14/h8-11H,4-7H2,1-3H3,(H,18,19,20). The Bertz CT molecular complexity index is 682. The molecule has 23 heavy (non-hydrogen) atoms. The third kappa shape index (κ3) is 3.08. The van der Waals surface area contributed by atoms with Crippen LogP contribution >= 0.6 is 10.3 Å². The molecule has 2 aliphatic rings. The minimum Gasteiger partial charge on any atom is -0.497 e. The van der Waals surface area contributed by atoms with E-state index in [2.05, 4.69) is 16.6 Å². The number of amides is 1. The van der Waals surface area contributed by atoms with Gasteiger partial charge in [0.05, 0.1) is 12.8 Å². The van der Waals surface area contributed by atoms with E-state index in [1.165, 1.54) is 11.8 Å². The van der Waals surface area contributed by atoms with E-state index in [0.29, 0.717) is 5.17 Å². The summed E-state index contributed by atoms with van der Waals surface area (Å²) in [7, 11) is -0.117. The highest BCUT2D eigenvalue weighted by Gasteiger charge is 2.40. The smallest absolute Gasteiger partial charge is 0.222 e. The number of aliphatic imine (C=N–C) groups is 1. The fraction of sp³-hybridized carbons (Fsp3) is 0.412. The zero-order chi connectivity index (χ0) is 16.4. The van der Waals surface area contributed by atoms with Crippen molar-refractivity contribution >= 4 is 21.4 Å². The van der Waals surface area contributed by atoms with Gasteiger partial charge < -0.3 is 14.2 Å². The molecular formula is C17H22N2O3S. The Morgan fingerprint density at radius 1 is 1.17 bits per heavy atom. The third-order valence-electron chi connectivity index (χ3n) is 4.07. The van der Waals surface area contributed by atoms with E-state index in [0.717, 1.165) is 42.9 Å². The van der Waals surface area contributed by atoms with Gasteiger partial charge in [-0.05, 0) is 60.3 Å². The second kappa shape index (κ2) is 6.28. The molecule has 0 spiro atoms. The molecule has 1 aromatic carbocycles. The molecule has 0 saturated heterocycles. The number of nitrogens with one attached hydrogen (secondary N) is 1. The lowest BCUT2D eigenvalue weighted by Crippen LogP contribution is -2.33. The fourth-order valence-corrected chi connectivity index (χ4v) is 5.58. The van der Waals surface area contributed by atoms with E-state index in [-0.39, 0.29) is 5.91 Å². The van der Waals surface area contributed by atoms with Crippen molar-refractivity contribution < 1.29 is 13.7 Å². The number of hydrogen-bond donors (Lipinski definition) is 1. The fourth-order valence-electron chi connectivity index (χ4n) is 2.92. The van der Waals surface area contributed by atoms with Crippen molar-refractivity contribution in [3.05, 3.63) is 34.9 Å². The number of allylic oxidation sites excluding steroid dienone is 2. The highest BCUT2D eigenvalue weighted by molar-refractivity contribution is 8.44. The van der Waals surface area contributed by atoms with Gasteiger partial charge in [0.25, 0.3) is 0 Å². The van der Waals surface area contributed by atoms with Gasteiger partial charge in [0, 0.05) is 18.1 Å². The van der Waals surface area contributed by atoms with Crippen LogP contribution in [0.4, 0.5) is 0 Å². The first-order chi connectivity index (χ1) is 11.0. The van der Waals surface area contributed by atoms with Gasteiger partial charge in [-0.1, -0.05) is 0 Å². The van der Waals surface area contributed by atoms with Crippen molar-refractivity contribution in [1.29, 1.82) is 0 Å². The predicted octanol–water partition coefficient (Wildman–Crippen LogP) is 3.71. The lowest BCUT2D eigenvalue weighted by Gasteiger charge is -2.36. The van der Waals surface area contributed by atoms with Crippen molar-refractivity contribution in [1.82, 2.24) is 5.32 Å². The first-order valence-electron chi connectivity index (χ1n) is 7.73. The number of rotatable bonds is 3. The van der Waals surface area contributed by atoms with E-state index in [1.54, 1.807) is 7.11 Å². The summed E-state index contributed by atoms with van der Waals surface area (Å²) in [6, 6.07) is 7.53. The van der Waals surface area contributed by atoms with E-state index in [1.807, 2.05) is 24.3 Å². The van der Waals surface area contributed by atoms with Crippen molar-refractivity contribution in [3.8, 4) is 11.5 Å². The van der Waals surface area contributed by atoms with Gasteiger partial charge in [0.1, 0.15) is 11.5 Å². The van der Waals surface area contributed by atoms with Crippen LogP contribution in [0.15, 0.2) is 39.9 Å². The molecule has 0 saturated carbocycles. The Morgan fingerprint density at radius 3 is 2.48 bits per heavy atom. The Kier molecular flexibility index (Phi) is 4.35. The second-order valence-corrected chi connectivity index (χ2v) is 8.51. The summed E-state index contributed by atoms with van der Waals surface area (Å²) in [5.41, 5.74) is 1.10. The Morgan fingerprint density at radius 2 is 1.83 bits per heavy atom. The molecule has 124 valence electrons. The molecule has 1 unspecified atom stereocenters. The second-order valence-electron chi connectivity index (χ2n) is 5.78. The topological polar surface area (TPSA) is 59.9 Å². The van der Waals surface area contributed by atoms with Crippen molar-refractivity contribution in [2.75, 3.05) is 13.4 Å².